The van der Waals surface area contributed by atoms with Gasteiger partial charge in [-0.25, -0.2) is 13.6 Å². The van der Waals surface area contributed by atoms with Gasteiger partial charge in [-0.2, -0.15) is 5.10 Å². The normalized spacial score (nSPS) is 11.7. The van der Waals surface area contributed by atoms with Crippen LogP contribution in [-0.4, -0.2) is 19.6 Å². The summed E-state index contributed by atoms with van der Waals surface area (Å²) in [6, 6.07) is 6.51. The average molecular weight is 310 g/mol. The smallest absolute Gasteiger partial charge is 0.295 e. The second-order valence-electron chi connectivity index (χ2n) is 3.87. The van der Waals surface area contributed by atoms with E-state index >= 15 is 0 Å². The summed E-state index contributed by atoms with van der Waals surface area (Å²) in [5.41, 5.74) is 2.01. The van der Waals surface area contributed by atoms with Gasteiger partial charge in [0.2, 0.25) is 10.0 Å². The van der Waals surface area contributed by atoms with E-state index in [2.05, 4.69) is 10.5 Å². The van der Waals surface area contributed by atoms with Crippen LogP contribution in [0.2, 0.25) is 0 Å². The fourth-order valence-electron chi connectivity index (χ4n) is 1.46. The SMILES string of the molecule is NS(=O)(=O)c1ccc(N/N=C/c2ccco2)c([N+](=O)[O-])c1. The van der Waals surface area contributed by atoms with E-state index in [9.17, 15) is 18.5 Å². The maximum Gasteiger partial charge on any atom is 0.295 e. The Morgan fingerprint density at radius 1 is 1.38 bits per heavy atom. The molecule has 0 aliphatic carbocycles. The second kappa shape index (κ2) is 5.73. The van der Waals surface area contributed by atoms with Gasteiger partial charge >= 0.3 is 0 Å². The summed E-state index contributed by atoms with van der Waals surface area (Å²) >= 11 is 0. The van der Waals surface area contributed by atoms with Crippen LogP contribution in [0, 0.1) is 10.1 Å². The first-order chi connectivity index (χ1) is 9.88. The molecule has 0 unspecified atom stereocenters. The summed E-state index contributed by atoms with van der Waals surface area (Å²) in [5.74, 6) is 0.450. The van der Waals surface area contributed by atoms with Crippen molar-refractivity contribution in [1.82, 2.24) is 0 Å². The quantitative estimate of drug-likeness (QED) is 0.484. The summed E-state index contributed by atoms with van der Waals surface area (Å²) in [6.07, 6.45) is 2.77. The molecule has 1 aromatic heterocycles. The highest BCUT2D eigenvalue weighted by atomic mass is 32.2. The van der Waals surface area contributed by atoms with Crippen molar-refractivity contribution in [2.45, 2.75) is 4.90 Å². The number of nitrogens with zero attached hydrogens (tertiary/aromatic N) is 2. The van der Waals surface area contributed by atoms with Crippen molar-refractivity contribution in [3.63, 3.8) is 0 Å². The first-order valence-corrected chi connectivity index (χ1v) is 7.06. The number of nitrogens with one attached hydrogen (secondary N) is 1. The summed E-state index contributed by atoms with van der Waals surface area (Å²) in [6.45, 7) is 0. The molecule has 0 aliphatic rings. The molecule has 9 nitrogen and oxygen atoms in total. The molecule has 1 heterocycles. The van der Waals surface area contributed by atoms with Crippen LogP contribution < -0.4 is 10.6 Å². The highest BCUT2D eigenvalue weighted by molar-refractivity contribution is 7.89. The Morgan fingerprint density at radius 2 is 2.14 bits per heavy atom. The Balaban J connectivity index is 2.29. The molecule has 0 radical (unpaired) electrons. The van der Waals surface area contributed by atoms with Crippen LogP contribution in [0.4, 0.5) is 11.4 Å². The molecule has 0 spiro atoms. The van der Waals surface area contributed by atoms with Gasteiger partial charge in [0, 0.05) is 6.07 Å². The molecule has 0 fully saturated rings. The van der Waals surface area contributed by atoms with Gasteiger partial charge in [-0.05, 0) is 24.3 Å². The van der Waals surface area contributed by atoms with Gasteiger partial charge in [0.05, 0.1) is 22.3 Å². The fraction of sp³-hybridized carbons (Fsp3) is 0. The van der Waals surface area contributed by atoms with E-state index in [0.29, 0.717) is 5.76 Å². The number of anilines is 1. The van der Waals surface area contributed by atoms with Crippen molar-refractivity contribution in [2.24, 2.45) is 10.2 Å². The maximum absolute atomic E-state index is 11.2. The van der Waals surface area contributed by atoms with Crippen molar-refractivity contribution >= 4 is 27.6 Å². The van der Waals surface area contributed by atoms with Crippen LogP contribution >= 0.6 is 0 Å². The number of rotatable bonds is 5. The number of furan rings is 1. The predicted molar refractivity (Wildman–Crippen MR) is 74.4 cm³/mol. The molecule has 0 atom stereocenters. The van der Waals surface area contributed by atoms with Crippen molar-refractivity contribution < 1.29 is 17.8 Å². The molecule has 1 aromatic carbocycles. The number of primary sulfonamides is 1. The molecule has 10 heteroatoms. The van der Waals surface area contributed by atoms with Crippen molar-refractivity contribution in [3.8, 4) is 0 Å². The fourth-order valence-corrected chi connectivity index (χ4v) is 2.00. The van der Waals surface area contributed by atoms with Gasteiger partial charge in [-0.15, -0.1) is 0 Å². The summed E-state index contributed by atoms with van der Waals surface area (Å²) in [5, 5.41) is 19.6. The summed E-state index contributed by atoms with van der Waals surface area (Å²) in [7, 11) is -4.02. The minimum Gasteiger partial charge on any atom is -0.463 e. The van der Waals surface area contributed by atoms with Crippen molar-refractivity contribution in [1.29, 1.82) is 0 Å². The van der Waals surface area contributed by atoms with Crippen LogP contribution in [0.25, 0.3) is 0 Å². The lowest BCUT2D eigenvalue weighted by molar-refractivity contribution is -0.384. The lowest BCUT2D eigenvalue weighted by atomic mass is 10.3. The Hall–Kier alpha value is -2.72. The Morgan fingerprint density at radius 3 is 2.71 bits per heavy atom. The van der Waals surface area contributed by atoms with Gasteiger partial charge in [0.25, 0.3) is 5.69 Å². The highest BCUT2D eigenvalue weighted by Crippen LogP contribution is 2.27. The molecule has 0 saturated carbocycles. The largest absolute Gasteiger partial charge is 0.463 e. The molecule has 0 amide bonds. The molecular weight excluding hydrogens is 300 g/mol. The number of hydrazone groups is 1. The van der Waals surface area contributed by atoms with E-state index < -0.39 is 20.6 Å². The predicted octanol–water partition coefficient (Wildman–Crippen LogP) is 1.28. The molecule has 110 valence electrons. The number of nitrogens with two attached hydrogens (primary N) is 1. The van der Waals surface area contributed by atoms with Gasteiger partial charge in [0.15, 0.2) is 0 Å². The summed E-state index contributed by atoms with van der Waals surface area (Å²) in [4.78, 5) is 9.86. The Bertz CT molecular complexity index is 783. The Kier molecular flexibility index (Phi) is 4.00. The second-order valence-corrected chi connectivity index (χ2v) is 5.43. The van der Waals surface area contributed by atoms with E-state index in [0.717, 1.165) is 12.1 Å². The molecule has 3 N–H and O–H groups in total. The lowest BCUT2D eigenvalue weighted by Gasteiger charge is -2.03. The minimum atomic E-state index is -4.02. The zero-order valence-corrected chi connectivity index (χ0v) is 11.3. The van der Waals surface area contributed by atoms with Gasteiger partial charge < -0.3 is 4.42 Å². The highest BCUT2D eigenvalue weighted by Gasteiger charge is 2.18. The molecule has 2 rings (SSSR count). The summed E-state index contributed by atoms with van der Waals surface area (Å²) < 4.78 is 27.4. The number of hydrogen-bond acceptors (Lipinski definition) is 7. The third-order valence-electron chi connectivity index (χ3n) is 2.41. The molecule has 0 aliphatic heterocycles. The molecule has 2 aromatic rings. The topological polar surface area (TPSA) is 141 Å². The van der Waals surface area contributed by atoms with Crippen molar-refractivity contribution in [2.75, 3.05) is 5.43 Å². The van der Waals surface area contributed by atoms with Crippen LogP contribution in [0.3, 0.4) is 0 Å². The monoisotopic (exact) mass is 310 g/mol. The maximum atomic E-state index is 11.2. The first-order valence-electron chi connectivity index (χ1n) is 5.52. The molecule has 21 heavy (non-hydrogen) atoms. The van der Waals surface area contributed by atoms with Crippen LogP contribution in [0.15, 0.2) is 51.0 Å². The molecule has 0 saturated heterocycles. The van der Waals surface area contributed by atoms with Crippen LogP contribution in [-0.2, 0) is 10.0 Å². The Labute approximate surface area is 119 Å². The minimum absolute atomic E-state index is 0.0233. The lowest BCUT2D eigenvalue weighted by Crippen LogP contribution is -2.12. The average Bonchev–Trinajstić information content (AvgIpc) is 2.90. The van der Waals surface area contributed by atoms with E-state index in [1.165, 1.54) is 18.5 Å². The standard InChI is InChI=1S/C11H10N4O5S/c12-21(18,19)9-3-4-10(11(6-9)15(16)17)14-13-7-8-2-1-5-20-8/h1-7,14H,(H2,12,18,19)/b13-7+. The number of nitro groups is 1. The zero-order valence-electron chi connectivity index (χ0n) is 10.5. The number of nitro benzene ring substituents is 1. The van der Waals surface area contributed by atoms with E-state index in [1.807, 2.05) is 0 Å². The van der Waals surface area contributed by atoms with Gasteiger partial charge in [-0.3, -0.25) is 15.5 Å². The molecular formula is C11H10N4O5S. The molecule has 0 bridgehead atoms. The third kappa shape index (κ3) is 3.64. The van der Waals surface area contributed by atoms with E-state index in [1.54, 1.807) is 12.1 Å². The van der Waals surface area contributed by atoms with Crippen molar-refractivity contribution in [3.05, 3.63) is 52.5 Å². The van der Waals surface area contributed by atoms with E-state index in [-0.39, 0.29) is 10.6 Å². The van der Waals surface area contributed by atoms with Gasteiger partial charge in [-0.1, -0.05) is 0 Å². The number of benzene rings is 1. The first kappa shape index (κ1) is 14.7. The van der Waals surface area contributed by atoms with Crippen LogP contribution in [0.5, 0.6) is 0 Å². The zero-order chi connectivity index (χ0) is 15.5. The number of sulfonamides is 1. The third-order valence-corrected chi connectivity index (χ3v) is 3.33. The number of hydrogen-bond donors (Lipinski definition) is 2. The van der Waals surface area contributed by atoms with E-state index in [4.69, 9.17) is 9.56 Å². The van der Waals surface area contributed by atoms with Gasteiger partial charge in [0.1, 0.15) is 11.4 Å². The van der Waals surface area contributed by atoms with Crippen LogP contribution in [0.1, 0.15) is 5.76 Å².